The molecule has 5 heteroatoms. The van der Waals surface area contributed by atoms with Crippen molar-refractivity contribution in [3.05, 3.63) is 29.8 Å². The normalized spacial score (nSPS) is 12.3. The van der Waals surface area contributed by atoms with Gasteiger partial charge in [-0.25, -0.2) is 4.98 Å². The number of carbonyl (C=O) groups is 1. The number of likely N-dealkylation sites (N-methyl/N-ethyl adjacent to an activating group) is 1. The maximum Gasteiger partial charge on any atom is 0.253 e. The molecule has 0 fully saturated rings. The van der Waals surface area contributed by atoms with E-state index in [1.807, 2.05) is 0 Å². The summed E-state index contributed by atoms with van der Waals surface area (Å²) in [7, 11) is 1.55. The van der Waals surface area contributed by atoms with Crippen LogP contribution in [0.1, 0.15) is 17.3 Å². The average molecular weight is 212 g/mol. The summed E-state index contributed by atoms with van der Waals surface area (Å²) in [5, 5.41) is 9.09. The van der Waals surface area contributed by atoms with Crippen LogP contribution in [0.15, 0.2) is 18.3 Å². The van der Waals surface area contributed by atoms with E-state index in [4.69, 9.17) is 5.11 Å². The van der Waals surface area contributed by atoms with Crippen LogP contribution in [-0.4, -0.2) is 40.6 Å². The Morgan fingerprint density at radius 2 is 2.40 bits per heavy atom. The second kappa shape index (κ2) is 4.84. The number of rotatable bonds is 3. The van der Waals surface area contributed by atoms with Gasteiger partial charge in [-0.2, -0.15) is 4.39 Å². The first-order chi connectivity index (χ1) is 7.00. The van der Waals surface area contributed by atoms with Crippen molar-refractivity contribution in [2.24, 2.45) is 0 Å². The molecule has 0 bridgehead atoms. The number of aliphatic hydroxyl groups excluding tert-OH is 1. The van der Waals surface area contributed by atoms with E-state index in [9.17, 15) is 9.18 Å². The Morgan fingerprint density at radius 3 is 2.93 bits per heavy atom. The van der Waals surface area contributed by atoms with Gasteiger partial charge in [0.15, 0.2) is 0 Å². The van der Waals surface area contributed by atoms with E-state index in [1.54, 1.807) is 14.0 Å². The third-order valence-corrected chi connectivity index (χ3v) is 1.86. The zero-order chi connectivity index (χ0) is 11.4. The van der Waals surface area contributed by atoms with Gasteiger partial charge in [-0.15, -0.1) is 0 Å². The molecule has 82 valence electrons. The highest BCUT2D eigenvalue weighted by atomic mass is 19.1. The van der Waals surface area contributed by atoms with Gasteiger partial charge in [0.25, 0.3) is 5.91 Å². The lowest BCUT2D eigenvalue weighted by Crippen LogP contribution is -2.33. The molecule has 1 N–H and O–H groups in total. The Balaban J connectivity index is 2.76. The highest BCUT2D eigenvalue weighted by Crippen LogP contribution is 2.04. The third-order valence-electron chi connectivity index (χ3n) is 1.86. The molecule has 1 amide bonds. The first-order valence-corrected chi connectivity index (χ1v) is 4.56. The first kappa shape index (κ1) is 11.6. The number of nitrogens with zero attached hydrogens (tertiary/aromatic N) is 2. The molecule has 0 spiro atoms. The van der Waals surface area contributed by atoms with E-state index in [1.165, 1.54) is 17.2 Å². The summed E-state index contributed by atoms with van der Waals surface area (Å²) >= 11 is 0. The van der Waals surface area contributed by atoms with Crippen LogP contribution in [0.5, 0.6) is 0 Å². The Hall–Kier alpha value is -1.49. The minimum absolute atomic E-state index is 0.211. The number of pyridine rings is 1. The van der Waals surface area contributed by atoms with Gasteiger partial charge in [0.2, 0.25) is 5.95 Å². The standard InChI is InChI=1S/C10H13FN2O2/c1-7(14)6-13(2)10(15)8-3-4-12-9(11)5-8/h3-5,7,14H,6H2,1-2H3. The molecule has 1 atom stereocenters. The van der Waals surface area contributed by atoms with Crippen molar-refractivity contribution in [1.29, 1.82) is 0 Å². The predicted octanol–water partition coefficient (Wildman–Crippen LogP) is 0.673. The summed E-state index contributed by atoms with van der Waals surface area (Å²) in [4.78, 5) is 16.3. The van der Waals surface area contributed by atoms with Crippen molar-refractivity contribution in [2.75, 3.05) is 13.6 Å². The maximum atomic E-state index is 12.7. The summed E-state index contributed by atoms with van der Waals surface area (Å²) in [6.07, 6.45) is 0.629. The lowest BCUT2D eigenvalue weighted by molar-refractivity contribution is 0.0703. The van der Waals surface area contributed by atoms with Crippen LogP contribution in [-0.2, 0) is 0 Å². The summed E-state index contributed by atoms with van der Waals surface area (Å²) in [6.45, 7) is 1.79. The zero-order valence-corrected chi connectivity index (χ0v) is 8.64. The zero-order valence-electron chi connectivity index (χ0n) is 8.64. The fourth-order valence-electron chi connectivity index (χ4n) is 1.24. The van der Waals surface area contributed by atoms with Crippen LogP contribution in [0.25, 0.3) is 0 Å². The number of hydrogen-bond donors (Lipinski definition) is 1. The van der Waals surface area contributed by atoms with Crippen molar-refractivity contribution in [3.63, 3.8) is 0 Å². The average Bonchev–Trinajstić information content (AvgIpc) is 2.15. The molecule has 1 aromatic rings. The monoisotopic (exact) mass is 212 g/mol. The fourth-order valence-corrected chi connectivity index (χ4v) is 1.24. The van der Waals surface area contributed by atoms with Crippen molar-refractivity contribution in [1.82, 2.24) is 9.88 Å². The quantitative estimate of drug-likeness (QED) is 0.749. The molecule has 0 aliphatic heterocycles. The number of aliphatic hydroxyl groups is 1. The van der Waals surface area contributed by atoms with Crippen LogP contribution in [0.3, 0.4) is 0 Å². The molecule has 1 heterocycles. The lowest BCUT2D eigenvalue weighted by atomic mass is 10.2. The van der Waals surface area contributed by atoms with E-state index in [0.717, 1.165) is 6.07 Å². The number of halogens is 1. The molecular formula is C10H13FN2O2. The van der Waals surface area contributed by atoms with Gasteiger partial charge in [-0.05, 0) is 13.0 Å². The van der Waals surface area contributed by atoms with Crippen LogP contribution in [0, 0.1) is 5.95 Å². The van der Waals surface area contributed by atoms with Crippen LogP contribution in [0.4, 0.5) is 4.39 Å². The second-order valence-corrected chi connectivity index (χ2v) is 3.40. The van der Waals surface area contributed by atoms with Crippen molar-refractivity contribution >= 4 is 5.91 Å². The Labute approximate surface area is 87.4 Å². The van der Waals surface area contributed by atoms with Gasteiger partial charge in [0, 0.05) is 31.4 Å². The minimum Gasteiger partial charge on any atom is -0.392 e. The van der Waals surface area contributed by atoms with Crippen molar-refractivity contribution in [3.8, 4) is 0 Å². The molecule has 15 heavy (non-hydrogen) atoms. The van der Waals surface area contributed by atoms with E-state index in [-0.39, 0.29) is 18.0 Å². The Bertz CT molecular complexity index is 355. The van der Waals surface area contributed by atoms with Gasteiger partial charge >= 0.3 is 0 Å². The predicted molar refractivity (Wildman–Crippen MR) is 52.8 cm³/mol. The molecule has 0 aliphatic rings. The van der Waals surface area contributed by atoms with E-state index < -0.39 is 12.1 Å². The van der Waals surface area contributed by atoms with Crippen LogP contribution < -0.4 is 0 Å². The maximum absolute atomic E-state index is 12.7. The van der Waals surface area contributed by atoms with Gasteiger partial charge in [0.05, 0.1) is 6.10 Å². The van der Waals surface area contributed by atoms with Gasteiger partial charge in [-0.3, -0.25) is 4.79 Å². The van der Waals surface area contributed by atoms with Crippen molar-refractivity contribution < 1.29 is 14.3 Å². The summed E-state index contributed by atoms with van der Waals surface area (Å²) < 4.78 is 12.7. The molecule has 1 rings (SSSR count). The number of amides is 1. The minimum atomic E-state index is -0.689. The van der Waals surface area contributed by atoms with Crippen LogP contribution >= 0.6 is 0 Å². The molecule has 1 unspecified atom stereocenters. The number of aromatic nitrogens is 1. The summed E-state index contributed by atoms with van der Waals surface area (Å²) in [6, 6.07) is 2.50. The second-order valence-electron chi connectivity index (χ2n) is 3.40. The van der Waals surface area contributed by atoms with E-state index >= 15 is 0 Å². The topological polar surface area (TPSA) is 53.4 Å². The molecule has 0 saturated heterocycles. The third kappa shape index (κ3) is 3.28. The van der Waals surface area contributed by atoms with Gasteiger partial charge < -0.3 is 10.0 Å². The molecular weight excluding hydrogens is 199 g/mol. The highest BCUT2D eigenvalue weighted by Gasteiger charge is 2.13. The largest absolute Gasteiger partial charge is 0.392 e. The Kier molecular flexibility index (Phi) is 3.74. The number of carbonyl (C=O) groups excluding carboxylic acids is 1. The molecule has 0 aliphatic carbocycles. The smallest absolute Gasteiger partial charge is 0.253 e. The lowest BCUT2D eigenvalue weighted by Gasteiger charge is -2.18. The van der Waals surface area contributed by atoms with Crippen molar-refractivity contribution in [2.45, 2.75) is 13.0 Å². The van der Waals surface area contributed by atoms with Crippen LogP contribution in [0.2, 0.25) is 0 Å². The molecule has 1 aromatic heterocycles. The van der Waals surface area contributed by atoms with Gasteiger partial charge in [0.1, 0.15) is 0 Å². The Morgan fingerprint density at radius 1 is 1.73 bits per heavy atom. The SMILES string of the molecule is CC(O)CN(C)C(=O)c1ccnc(F)c1. The fraction of sp³-hybridized carbons (Fsp3) is 0.400. The summed E-state index contributed by atoms with van der Waals surface area (Å²) in [5.74, 6) is -1.02. The van der Waals surface area contributed by atoms with Gasteiger partial charge in [-0.1, -0.05) is 0 Å². The van der Waals surface area contributed by atoms with E-state index in [2.05, 4.69) is 4.98 Å². The van der Waals surface area contributed by atoms with E-state index in [0.29, 0.717) is 0 Å². The molecule has 0 saturated carbocycles. The molecule has 0 radical (unpaired) electrons. The molecule has 4 nitrogen and oxygen atoms in total. The number of hydrogen-bond acceptors (Lipinski definition) is 3. The highest BCUT2D eigenvalue weighted by molar-refractivity contribution is 5.93. The first-order valence-electron chi connectivity index (χ1n) is 4.56. The molecule has 0 aromatic carbocycles. The summed E-state index contributed by atoms with van der Waals surface area (Å²) in [5.41, 5.74) is 0.227.